The van der Waals surface area contributed by atoms with E-state index >= 15 is 0 Å². The Balaban J connectivity index is 0.00000197. The van der Waals surface area contributed by atoms with Gasteiger partial charge in [-0.05, 0) is 64.0 Å². The van der Waals surface area contributed by atoms with Gasteiger partial charge in [0.2, 0.25) is 11.3 Å². The Labute approximate surface area is 290 Å². The predicted molar refractivity (Wildman–Crippen MR) is 191 cm³/mol. The van der Waals surface area contributed by atoms with E-state index in [1.807, 2.05) is 38.1 Å². The number of hydrogen-bond acceptors (Lipinski definition) is 9. The van der Waals surface area contributed by atoms with E-state index in [9.17, 15) is 14.7 Å². The van der Waals surface area contributed by atoms with E-state index in [1.54, 1.807) is 16.8 Å². The molecular formula is C35H42Cl2N6O5. The Bertz CT molecular complexity index is 1780. The summed E-state index contributed by atoms with van der Waals surface area (Å²) in [5.74, 6) is -0.0747. The van der Waals surface area contributed by atoms with Gasteiger partial charge in [0, 0.05) is 43.7 Å². The van der Waals surface area contributed by atoms with Crippen molar-refractivity contribution in [2.24, 2.45) is 4.99 Å². The Morgan fingerprint density at radius 2 is 1.90 bits per heavy atom. The molecule has 3 fully saturated rings. The lowest BCUT2D eigenvalue weighted by atomic mass is 10.1. The fourth-order valence-electron chi connectivity index (χ4n) is 6.25. The zero-order valence-corrected chi connectivity index (χ0v) is 29.2. The first-order valence-corrected chi connectivity index (χ1v) is 17.4. The molecule has 2 aromatic heterocycles. The number of dihydropyridines is 1. The summed E-state index contributed by atoms with van der Waals surface area (Å²) in [6.07, 6.45) is 9.50. The first-order valence-electron chi connectivity index (χ1n) is 16.6. The summed E-state index contributed by atoms with van der Waals surface area (Å²) >= 11 is 13.3. The SMILES string of the molecule is CC.CN(C)C1CN(c2ccc(-n3cc(C(=O)O)c(=O)c4cc(Cl)c(N5CCC[C@@H]5COC5=NC(OC6CC6)CC=C5Cl)cc43)cn2)C1. The molecule has 0 radical (unpaired) electrons. The van der Waals surface area contributed by atoms with Gasteiger partial charge in [-0.25, -0.2) is 14.8 Å². The topological polar surface area (TPSA) is 113 Å². The second kappa shape index (κ2) is 14.5. The lowest BCUT2D eigenvalue weighted by molar-refractivity contribution is 0.0450. The van der Waals surface area contributed by atoms with Gasteiger partial charge in [-0.2, -0.15) is 0 Å². The van der Waals surface area contributed by atoms with Crippen LogP contribution in [0.2, 0.25) is 5.02 Å². The number of halogens is 2. The molecule has 2 saturated heterocycles. The number of carboxylic acids is 1. The van der Waals surface area contributed by atoms with E-state index in [1.165, 1.54) is 6.20 Å². The normalized spacial score (nSPS) is 21.1. The van der Waals surface area contributed by atoms with Crippen molar-refractivity contribution in [3.05, 3.63) is 68.6 Å². The molecule has 1 unspecified atom stereocenters. The highest BCUT2D eigenvalue weighted by atomic mass is 35.5. The van der Waals surface area contributed by atoms with Gasteiger partial charge in [-0.1, -0.05) is 43.1 Å². The van der Waals surface area contributed by atoms with Gasteiger partial charge in [-0.15, -0.1) is 0 Å². The van der Waals surface area contributed by atoms with Crippen molar-refractivity contribution < 1.29 is 19.4 Å². The fraction of sp³-hybridized carbons (Fsp3) is 0.486. The number of benzene rings is 1. The second-order valence-corrected chi connectivity index (χ2v) is 13.4. The number of ether oxygens (including phenoxy) is 2. The number of rotatable bonds is 9. The van der Waals surface area contributed by atoms with Crippen LogP contribution in [-0.2, 0) is 9.47 Å². The third-order valence-electron chi connectivity index (χ3n) is 9.17. The van der Waals surface area contributed by atoms with Crippen LogP contribution in [0.4, 0.5) is 11.5 Å². The molecule has 1 aromatic carbocycles. The summed E-state index contributed by atoms with van der Waals surface area (Å²) in [6, 6.07) is 7.70. The number of anilines is 2. The highest BCUT2D eigenvalue weighted by Gasteiger charge is 2.32. The monoisotopic (exact) mass is 696 g/mol. The maximum absolute atomic E-state index is 13.3. The van der Waals surface area contributed by atoms with E-state index in [0.29, 0.717) is 46.2 Å². The molecular weight excluding hydrogens is 655 g/mol. The first-order chi connectivity index (χ1) is 23.2. The number of fused-ring (bicyclic) bond motifs is 1. The standard InChI is InChI=1S/C33H36Cl2N6O5.C2H6/c1-38(2)21-15-39(16-21)29-9-5-19(14-36-29)41-17-24(33(43)44)31(42)23-12-26(35)28(13-27(23)41)40-11-3-4-20(40)18-45-32-25(34)8-10-30(37-32)46-22-6-7-22;1-2/h5,8-9,12-14,17,20-22,30H,3-4,6-7,10-11,15-16,18H2,1-2H3,(H,43,44);1-2H3/t20-,30?;/m1./s1. The van der Waals surface area contributed by atoms with Crippen LogP contribution >= 0.6 is 23.2 Å². The molecule has 13 heteroatoms. The molecule has 1 aliphatic carbocycles. The number of aromatic carboxylic acids is 1. The van der Waals surface area contributed by atoms with Crippen molar-refractivity contribution in [2.45, 2.75) is 70.4 Å². The number of hydrogen-bond donors (Lipinski definition) is 1. The molecule has 3 aromatic rings. The van der Waals surface area contributed by atoms with E-state index < -0.39 is 11.4 Å². The average Bonchev–Trinajstić information content (AvgIpc) is 3.75. The van der Waals surface area contributed by atoms with Crippen LogP contribution in [0.25, 0.3) is 16.6 Å². The molecule has 3 aliphatic heterocycles. The summed E-state index contributed by atoms with van der Waals surface area (Å²) in [5, 5.41) is 10.9. The molecule has 1 saturated carbocycles. The van der Waals surface area contributed by atoms with Crippen LogP contribution in [0, 0.1) is 0 Å². The number of pyridine rings is 2. The maximum Gasteiger partial charge on any atom is 0.341 e. The highest BCUT2D eigenvalue weighted by Crippen LogP contribution is 2.36. The number of nitrogens with zero attached hydrogens (tertiary/aromatic N) is 6. The zero-order valence-electron chi connectivity index (χ0n) is 27.7. The minimum atomic E-state index is -1.31. The molecule has 7 rings (SSSR count). The largest absolute Gasteiger partial charge is 0.477 e. The van der Waals surface area contributed by atoms with Gasteiger partial charge in [0.25, 0.3) is 0 Å². The van der Waals surface area contributed by atoms with Gasteiger partial charge in [0.1, 0.15) is 18.0 Å². The minimum Gasteiger partial charge on any atom is -0.477 e. The minimum absolute atomic E-state index is 0.0197. The van der Waals surface area contributed by atoms with Crippen molar-refractivity contribution in [3.63, 3.8) is 0 Å². The molecule has 256 valence electrons. The van der Waals surface area contributed by atoms with Crippen molar-refractivity contribution in [1.29, 1.82) is 0 Å². The Hall–Kier alpha value is -3.64. The molecule has 48 heavy (non-hydrogen) atoms. The third kappa shape index (κ3) is 7.05. The summed E-state index contributed by atoms with van der Waals surface area (Å²) in [7, 11) is 4.13. The van der Waals surface area contributed by atoms with Crippen molar-refractivity contribution in [1.82, 2.24) is 14.5 Å². The van der Waals surface area contributed by atoms with E-state index in [-0.39, 0.29) is 29.3 Å². The summed E-state index contributed by atoms with van der Waals surface area (Å²) < 4.78 is 13.8. The highest BCUT2D eigenvalue weighted by molar-refractivity contribution is 6.42. The Morgan fingerprint density at radius 1 is 1.12 bits per heavy atom. The summed E-state index contributed by atoms with van der Waals surface area (Å²) in [6.45, 7) is 6.85. The third-order valence-corrected chi connectivity index (χ3v) is 9.79. The lowest BCUT2D eigenvalue weighted by Crippen LogP contribution is -2.57. The number of aromatic nitrogens is 2. The average molecular weight is 698 g/mol. The van der Waals surface area contributed by atoms with E-state index in [2.05, 4.69) is 38.8 Å². The molecule has 0 spiro atoms. The number of carboxylic acid groups (broad SMARTS) is 1. The van der Waals surface area contributed by atoms with Gasteiger partial charge >= 0.3 is 5.97 Å². The first kappa shape index (κ1) is 34.2. The summed E-state index contributed by atoms with van der Waals surface area (Å²) in [4.78, 5) is 41.3. The lowest BCUT2D eigenvalue weighted by Gasteiger charge is -2.43. The van der Waals surface area contributed by atoms with Crippen molar-refractivity contribution in [3.8, 4) is 5.69 Å². The van der Waals surface area contributed by atoms with Crippen LogP contribution < -0.4 is 15.2 Å². The van der Waals surface area contributed by atoms with Crippen LogP contribution in [0.15, 0.2) is 57.6 Å². The smallest absolute Gasteiger partial charge is 0.341 e. The van der Waals surface area contributed by atoms with Gasteiger partial charge in [0.15, 0.2) is 6.23 Å². The number of carbonyl (C=O) groups is 1. The van der Waals surface area contributed by atoms with Crippen LogP contribution in [0.3, 0.4) is 0 Å². The van der Waals surface area contributed by atoms with Gasteiger partial charge < -0.3 is 33.8 Å². The number of likely N-dealkylation sites (N-methyl/N-ethyl adjacent to an activating group) is 1. The second-order valence-electron chi connectivity index (χ2n) is 12.6. The van der Waals surface area contributed by atoms with Crippen LogP contribution in [0.5, 0.6) is 0 Å². The Kier molecular flexibility index (Phi) is 10.3. The molecule has 0 amide bonds. The molecule has 2 atom stereocenters. The number of aliphatic imine (C=N–C) groups is 1. The van der Waals surface area contributed by atoms with Crippen LogP contribution in [0.1, 0.15) is 56.3 Å². The molecule has 5 heterocycles. The van der Waals surface area contributed by atoms with Crippen molar-refractivity contribution >= 4 is 57.5 Å². The van der Waals surface area contributed by atoms with Gasteiger partial charge in [0.05, 0.1) is 45.3 Å². The van der Waals surface area contributed by atoms with E-state index in [0.717, 1.165) is 56.8 Å². The summed E-state index contributed by atoms with van der Waals surface area (Å²) in [5.41, 5.74) is 0.975. The van der Waals surface area contributed by atoms with E-state index in [4.69, 9.17) is 32.7 Å². The van der Waals surface area contributed by atoms with Crippen LogP contribution in [-0.4, -0.2) is 96.2 Å². The molecule has 0 bridgehead atoms. The zero-order chi connectivity index (χ0) is 34.1. The molecule has 11 nitrogen and oxygen atoms in total. The fourth-order valence-corrected chi connectivity index (χ4v) is 6.72. The maximum atomic E-state index is 13.3. The van der Waals surface area contributed by atoms with Gasteiger partial charge in [-0.3, -0.25) is 4.79 Å². The quantitative estimate of drug-likeness (QED) is 0.291. The molecule has 1 N–H and O–H groups in total. The predicted octanol–water partition coefficient (Wildman–Crippen LogP) is 5.93. The molecule has 4 aliphatic rings. The Morgan fingerprint density at radius 3 is 2.56 bits per heavy atom. The van der Waals surface area contributed by atoms with Crippen molar-refractivity contribution in [2.75, 3.05) is 50.1 Å².